The number of carboxylic acid groups (broad SMARTS) is 2. The fourth-order valence-electron chi connectivity index (χ4n) is 2.27. The maximum Gasteiger partial charge on any atom is 0.303 e. The van der Waals surface area contributed by atoms with E-state index in [9.17, 15) is 9.59 Å². The standard InChI is InChI=1S/C10H16O4/c11-9(12)5-7-3-1-2-4-8(7)6-10(13)14/h7-8H,1-6H2,(H,11,12)(H,13,14). The van der Waals surface area contributed by atoms with E-state index in [1.165, 1.54) is 0 Å². The summed E-state index contributed by atoms with van der Waals surface area (Å²) in [5.41, 5.74) is 0. The van der Waals surface area contributed by atoms with Gasteiger partial charge in [0.2, 0.25) is 0 Å². The van der Waals surface area contributed by atoms with Crippen molar-refractivity contribution in [2.24, 2.45) is 11.8 Å². The van der Waals surface area contributed by atoms with Crippen LogP contribution in [0.5, 0.6) is 0 Å². The largest absolute Gasteiger partial charge is 0.481 e. The van der Waals surface area contributed by atoms with Crippen LogP contribution in [0.15, 0.2) is 0 Å². The quantitative estimate of drug-likeness (QED) is 0.724. The summed E-state index contributed by atoms with van der Waals surface area (Å²) in [6, 6.07) is 0. The van der Waals surface area contributed by atoms with Gasteiger partial charge in [-0.05, 0) is 24.7 Å². The number of aliphatic carboxylic acids is 2. The summed E-state index contributed by atoms with van der Waals surface area (Å²) < 4.78 is 0. The van der Waals surface area contributed by atoms with Crippen LogP contribution in [0.2, 0.25) is 0 Å². The van der Waals surface area contributed by atoms with Crippen molar-refractivity contribution in [2.75, 3.05) is 0 Å². The van der Waals surface area contributed by atoms with Crippen LogP contribution in [0.4, 0.5) is 0 Å². The zero-order valence-corrected chi connectivity index (χ0v) is 8.11. The van der Waals surface area contributed by atoms with Crippen LogP contribution in [0.1, 0.15) is 38.5 Å². The number of hydrogen-bond donors (Lipinski definition) is 2. The highest BCUT2D eigenvalue weighted by molar-refractivity contribution is 5.68. The first-order valence-electron chi connectivity index (χ1n) is 5.03. The third-order valence-electron chi connectivity index (χ3n) is 2.94. The molecule has 80 valence electrons. The van der Waals surface area contributed by atoms with E-state index in [1.807, 2.05) is 0 Å². The molecule has 0 radical (unpaired) electrons. The van der Waals surface area contributed by atoms with E-state index in [1.54, 1.807) is 0 Å². The molecule has 0 aliphatic heterocycles. The maximum atomic E-state index is 10.6. The van der Waals surface area contributed by atoms with Crippen LogP contribution < -0.4 is 0 Å². The maximum absolute atomic E-state index is 10.6. The molecule has 2 atom stereocenters. The normalized spacial score (nSPS) is 27.1. The van der Waals surface area contributed by atoms with E-state index in [0.717, 1.165) is 25.7 Å². The Morgan fingerprint density at radius 3 is 1.57 bits per heavy atom. The first-order chi connectivity index (χ1) is 6.59. The third-order valence-corrected chi connectivity index (χ3v) is 2.94. The van der Waals surface area contributed by atoms with Gasteiger partial charge < -0.3 is 10.2 Å². The van der Waals surface area contributed by atoms with Gasteiger partial charge in [0, 0.05) is 12.8 Å². The summed E-state index contributed by atoms with van der Waals surface area (Å²) in [7, 11) is 0. The Morgan fingerprint density at radius 1 is 0.929 bits per heavy atom. The van der Waals surface area contributed by atoms with Crippen LogP contribution >= 0.6 is 0 Å². The van der Waals surface area contributed by atoms with E-state index in [4.69, 9.17) is 10.2 Å². The Kier molecular flexibility index (Phi) is 3.92. The second kappa shape index (κ2) is 4.98. The lowest BCUT2D eigenvalue weighted by molar-refractivity contribution is -0.142. The molecule has 4 heteroatoms. The molecule has 0 aromatic rings. The Bertz CT molecular complexity index is 200. The molecule has 2 N–H and O–H groups in total. The molecule has 0 heterocycles. The number of rotatable bonds is 4. The summed E-state index contributed by atoms with van der Waals surface area (Å²) in [4.78, 5) is 21.1. The Morgan fingerprint density at radius 2 is 1.29 bits per heavy atom. The highest BCUT2D eigenvalue weighted by Gasteiger charge is 2.28. The van der Waals surface area contributed by atoms with Crippen LogP contribution in [0.3, 0.4) is 0 Å². The molecule has 0 saturated heterocycles. The minimum absolute atomic E-state index is 0.0670. The van der Waals surface area contributed by atoms with E-state index in [0.29, 0.717) is 0 Å². The van der Waals surface area contributed by atoms with Gasteiger partial charge >= 0.3 is 11.9 Å². The van der Waals surface area contributed by atoms with Gasteiger partial charge in [-0.3, -0.25) is 9.59 Å². The monoisotopic (exact) mass is 200 g/mol. The van der Waals surface area contributed by atoms with Crippen molar-refractivity contribution in [2.45, 2.75) is 38.5 Å². The number of carboxylic acids is 2. The first kappa shape index (κ1) is 11.0. The summed E-state index contributed by atoms with van der Waals surface area (Å²) in [6.07, 6.45) is 4.05. The molecule has 0 aromatic carbocycles. The molecule has 0 bridgehead atoms. The molecule has 4 nitrogen and oxygen atoms in total. The van der Waals surface area contributed by atoms with E-state index < -0.39 is 11.9 Å². The lowest BCUT2D eigenvalue weighted by atomic mass is 9.76. The number of carbonyl (C=O) groups is 2. The molecule has 0 aromatic heterocycles. The van der Waals surface area contributed by atoms with Gasteiger partial charge in [-0.2, -0.15) is 0 Å². The van der Waals surface area contributed by atoms with Gasteiger partial charge in [-0.1, -0.05) is 12.8 Å². The molecular formula is C10H16O4. The molecule has 1 rings (SSSR count). The lowest BCUT2D eigenvalue weighted by Gasteiger charge is -2.29. The van der Waals surface area contributed by atoms with Gasteiger partial charge in [-0.15, -0.1) is 0 Å². The molecule has 2 unspecified atom stereocenters. The predicted molar refractivity (Wildman–Crippen MR) is 50.0 cm³/mol. The zero-order valence-electron chi connectivity index (χ0n) is 8.11. The van der Waals surface area contributed by atoms with Gasteiger partial charge in [-0.25, -0.2) is 0 Å². The van der Waals surface area contributed by atoms with Crippen LogP contribution in [0, 0.1) is 11.8 Å². The fourth-order valence-corrected chi connectivity index (χ4v) is 2.27. The van der Waals surface area contributed by atoms with Crippen molar-refractivity contribution in [3.63, 3.8) is 0 Å². The highest BCUT2D eigenvalue weighted by atomic mass is 16.4. The van der Waals surface area contributed by atoms with Gasteiger partial charge in [0.05, 0.1) is 0 Å². The van der Waals surface area contributed by atoms with Crippen molar-refractivity contribution >= 4 is 11.9 Å². The predicted octanol–water partition coefficient (Wildman–Crippen LogP) is 1.74. The van der Waals surface area contributed by atoms with Crippen molar-refractivity contribution < 1.29 is 19.8 Å². The molecule has 1 aliphatic carbocycles. The Balaban J connectivity index is 2.49. The Hall–Kier alpha value is -1.06. The van der Waals surface area contributed by atoms with Crippen LogP contribution in [0.25, 0.3) is 0 Å². The van der Waals surface area contributed by atoms with Crippen molar-refractivity contribution in [3.05, 3.63) is 0 Å². The van der Waals surface area contributed by atoms with Gasteiger partial charge in [0.25, 0.3) is 0 Å². The minimum Gasteiger partial charge on any atom is -0.481 e. The smallest absolute Gasteiger partial charge is 0.303 e. The summed E-state index contributed by atoms with van der Waals surface area (Å²) in [5.74, 6) is -1.49. The summed E-state index contributed by atoms with van der Waals surface area (Å²) in [5, 5.41) is 17.3. The second-order valence-corrected chi connectivity index (χ2v) is 4.00. The number of hydrogen-bond acceptors (Lipinski definition) is 2. The molecule has 1 fully saturated rings. The molecule has 0 spiro atoms. The molecule has 0 amide bonds. The average Bonchev–Trinajstić information content (AvgIpc) is 2.06. The molecule has 14 heavy (non-hydrogen) atoms. The van der Waals surface area contributed by atoms with Gasteiger partial charge in [0.1, 0.15) is 0 Å². The third kappa shape index (κ3) is 3.36. The highest BCUT2D eigenvalue weighted by Crippen LogP contribution is 2.34. The zero-order chi connectivity index (χ0) is 10.6. The molecule has 1 saturated carbocycles. The van der Waals surface area contributed by atoms with E-state index >= 15 is 0 Å². The molecule has 1 aliphatic rings. The summed E-state index contributed by atoms with van der Waals surface area (Å²) >= 11 is 0. The van der Waals surface area contributed by atoms with Crippen molar-refractivity contribution in [1.82, 2.24) is 0 Å². The minimum atomic E-state index is -0.813. The van der Waals surface area contributed by atoms with Crippen molar-refractivity contribution in [3.8, 4) is 0 Å². The Labute approximate surface area is 82.9 Å². The molecular weight excluding hydrogens is 184 g/mol. The van der Waals surface area contributed by atoms with E-state index in [-0.39, 0.29) is 24.7 Å². The fraction of sp³-hybridized carbons (Fsp3) is 0.800. The van der Waals surface area contributed by atoms with Crippen molar-refractivity contribution in [1.29, 1.82) is 0 Å². The first-order valence-corrected chi connectivity index (χ1v) is 5.03. The van der Waals surface area contributed by atoms with Gasteiger partial charge in [0.15, 0.2) is 0 Å². The van der Waals surface area contributed by atoms with E-state index in [2.05, 4.69) is 0 Å². The SMILES string of the molecule is O=C(O)CC1CCCCC1CC(=O)O. The topological polar surface area (TPSA) is 74.6 Å². The van der Waals surface area contributed by atoms with Crippen LogP contribution in [-0.2, 0) is 9.59 Å². The summed E-state index contributed by atoms with van der Waals surface area (Å²) in [6.45, 7) is 0. The van der Waals surface area contributed by atoms with Crippen LogP contribution in [-0.4, -0.2) is 22.2 Å². The lowest BCUT2D eigenvalue weighted by Crippen LogP contribution is -2.24. The average molecular weight is 200 g/mol. The second-order valence-electron chi connectivity index (χ2n) is 4.00.